The summed E-state index contributed by atoms with van der Waals surface area (Å²) in [5.41, 5.74) is 3.69. The lowest BCUT2D eigenvalue weighted by Crippen LogP contribution is -2.47. The van der Waals surface area contributed by atoms with Gasteiger partial charge < -0.3 is 14.6 Å². The number of anilines is 1. The number of sulfonamides is 1. The molecule has 3 aromatic carbocycles. The van der Waals surface area contributed by atoms with Gasteiger partial charge in [0.1, 0.15) is 22.8 Å². The van der Waals surface area contributed by atoms with Gasteiger partial charge in [-0.15, -0.1) is 0 Å². The van der Waals surface area contributed by atoms with E-state index in [4.69, 9.17) is 16.3 Å². The monoisotopic (exact) mass is 973 g/mol. The minimum atomic E-state index is -4.65. The number of benzene rings is 3. The largest absolute Gasteiger partial charge is 0.455 e. The van der Waals surface area contributed by atoms with Crippen molar-refractivity contribution in [2.75, 3.05) is 50.1 Å². The van der Waals surface area contributed by atoms with Gasteiger partial charge in [0.15, 0.2) is 0 Å². The standard InChI is InChI=1S/C49H57ClFN7O7S2/c1-48(2)18-13-36(43(30-48)33-5-8-37(50)9-6-33)32-56-23-25-57(26-24-56)39-10-12-42(45(28-39)65-40-27-35-17-22-52-46(35)53-31-40)47(59)55-67(63,64)41-11-7-34(44(29-41)58(60)61)14-19-49(51)20-15-38(16-21-49)54-66(3,4)62/h5-12,17,22,27-29,31,38H,13-16,18-21,23-26,30,32H2,1-4H3,(H,52,53)(H,55,59). The van der Waals surface area contributed by atoms with Crippen molar-refractivity contribution in [3.63, 3.8) is 0 Å². The Labute approximate surface area is 396 Å². The van der Waals surface area contributed by atoms with Crippen molar-refractivity contribution in [3.8, 4) is 11.5 Å². The molecule has 2 aliphatic carbocycles. The molecule has 18 heteroatoms. The number of nitro benzene ring substituents is 1. The van der Waals surface area contributed by atoms with Crippen LogP contribution < -0.4 is 14.4 Å². The van der Waals surface area contributed by atoms with Gasteiger partial charge in [-0.25, -0.2) is 26.9 Å². The molecule has 2 aromatic heterocycles. The summed E-state index contributed by atoms with van der Waals surface area (Å²) in [5, 5.41) is 13.7. The minimum Gasteiger partial charge on any atom is -0.455 e. The van der Waals surface area contributed by atoms with Crippen LogP contribution in [0.4, 0.5) is 15.8 Å². The van der Waals surface area contributed by atoms with Crippen molar-refractivity contribution < 1.29 is 31.5 Å². The summed E-state index contributed by atoms with van der Waals surface area (Å²) in [6, 6.07) is 19.9. The fourth-order valence-corrected chi connectivity index (χ4v) is 11.5. The number of aromatic nitrogens is 2. The van der Waals surface area contributed by atoms with Gasteiger partial charge in [0, 0.05) is 95.0 Å². The van der Waals surface area contributed by atoms with E-state index in [1.807, 2.05) is 18.2 Å². The van der Waals surface area contributed by atoms with Gasteiger partial charge in [0.05, 0.1) is 27.6 Å². The second-order valence-corrected chi connectivity index (χ2v) is 23.9. The van der Waals surface area contributed by atoms with Crippen LogP contribution in [-0.4, -0.2) is 95.3 Å². The van der Waals surface area contributed by atoms with E-state index in [1.165, 1.54) is 41.1 Å². The van der Waals surface area contributed by atoms with E-state index in [9.17, 15) is 27.5 Å². The predicted molar refractivity (Wildman–Crippen MR) is 262 cm³/mol. The van der Waals surface area contributed by atoms with E-state index in [-0.39, 0.29) is 54.0 Å². The SMILES string of the molecule is CC1(C)CCC(CN2CCN(c3ccc(C(=O)NS(=O)(=O)c4ccc(CCC5(F)CCC(N=S(C)(C)=O)CC5)c([N+](=O)[O-])c4)c(Oc4cnc5[nH]ccc5c4)c3)CC2)=C(c2ccc(Cl)cc2)C1. The summed E-state index contributed by atoms with van der Waals surface area (Å²) < 4.78 is 68.3. The lowest BCUT2D eigenvalue weighted by Gasteiger charge is -2.39. The Morgan fingerprint density at radius 3 is 2.43 bits per heavy atom. The molecule has 1 saturated carbocycles. The Bertz CT molecular complexity index is 2940. The number of halogens is 2. The average molecular weight is 975 g/mol. The van der Waals surface area contributed by atoms with E-state index in [1.54, 1.807) is 36.9 Å². The Morgan fingerprint density at radius 1 is 1.00 bits per heavy atom. The zero-order valence-corrected chi connectivity index (χ0v) is 40.6. The Balaban J connectivity index is 0.983. The maximum absolute atomic E-state index is 15.9. The van der Waals surface area contributed by atoms with E-state index in [0.29, 0.717) is 42.4 Å². The van der Waals surface area contributed by atoms with Crippen LogP contribution in [0, 0.1) is 15.5 Å². The second-order valence-electron chi connectivity index (χ2n) is 19.2. The maximum Gasteiger partial charge on any atom is 0.273 e. The molecule has 0 atom stereocenters. The summed E-state index contributed by atoms with van der Waals surface area (Å²) in [5.74, 6) is -0.588. The Morgan fingerprint density at radius 2 is 1.73 bits per heavy atom. The number of rotatable bonds is 14. The number of piperazine rings is 1. The lowest BCUT2D eigenvalue weighted by molar-refractivity contribution is -0.385. The third kappa shape index (κ3) is 11.9. The Kier molecular flexibility index (Phi) is 13.9. The molecule has 0 unspecified atom stereocenters. The Hall–Kier alpha value is -5.36. The molecule has 67 heavy (non-hydrogen) atoms. The normalized spacial score (nSPS) is 20.4. The topological polar surface area (TPSA) is 180 Å². The number of alkyl halides is 1. The van der Waals surface area contributed by atoms with Gasteiger partial charge in [-0.3, -0.25) is 24.0 Å². The number of aryl methyl sites for hydroxylation is 1. The number of amides is 1. The van der Waals surface area contributed by atoms with Gasteiger partial charge >= 0.3 is 0 Å². The number of hydrogen-bond acceptors (Lipinski definition) is 11. The number of nitrogens with one attached hydrogen (secondary N) is 2. The molecule has 3 heterocycles. The first-order chi connectivity index (χ1) is 31.7. The minimum absolute atomic E-state index is 0.00701. The molecule has 5 aromatic rings. The van der Waals surface area contributed by atoms with E-state index < -0.39 is 46.8 Å². The van der Waals surface area contributed by atoms with Gasteiger partial charge in [0.25, 0.3) is 21.6 Å². The molecule has 0 radical (unpaired) electrons. The number of fused-ring (bicyclic) bond motifs is 1. The number of nitro groups is 1. The van der Waals surface area contributed by atoms with Crippen LogP contribution in [0.2, 0.25) is 5.02 Å². The van der Waals surface area contributed by atoms with Crippen LogP contribution in [0.5, 0.6) is 11.5 Å². The highest BCUT2D eigenvalue weighted by Crippen LogP contribution is 2.44. The predicted octanol–water partition coefficient (Wildman–Crippen LogP) is 10.1. The van der Waals surface area contributed by atoms with Crippen LogP contribution in [0.25, 0.3) is 16.6 Å². The molecular formula is C49H57ClFN7O7S2. The zero-order valence-electron chi connectivity index (χ0n) is 38.2. The molecular weight excluding hydrogens is 917 g/mol. The first-order valence-corrected chi connectivity index (χ1v) is 26.8. The first-order valence-electron chi connectivity index (χ1n) is 22.6. The van der Waals surface area contributed by atoms with Crippen LogP contribution in [0.3, 0.4) is 0 Å². The van der Waals surface area contributed by atoms with Crippen molar-refractivity contribution in [2.45, 2.75) is 88.2 Å². The van der Waals surface area contributed by atoms with Crippen molar-refractivity contribution in [2.24, 2.45) is 9.78 Å². The molecule has 8 rings (SSSR count). The number of hydrogen-bond donors (Lipinski definition) is 2. The number of aromatic amines is 1. The average Bonchev–Trinajstić information content (AvgIpc) is 3.75. The molecule has 2 N–H and O–H groups in total. The quantitative estimate of drug-likeness (QED) is 0.0803. The molecule has 1 saturated heterocycles. The van der Waals surface area contributed by atoms with Crippen molar-refractivity contribution in [1.29, 1.82) is 0 Å². The number of allylic oxidation sites excluding steroid dienone is 1. The van der Waals surface area contributed by atoms with Crippen LogP contribution in [0.15, 0.2) is 100 Å². The number of pyridine rings is 1. The highest BCUT2D eigenvalue weighted by atomic mass is 35.5. The highest BCUT2D eigenvalue weighted by molar-refractivity contribution is 7.92. The zero-order chi connectivity index (χ0) is 47.7. The molecule has 14 nitrogen and oxygen atoms in total. The van der Waals surface area contributed by atoms with Crippen molar-refractivity contribution in [1.82, 2.24) is 19.6 Å². The maximum atomic E-state index is 15.9. The smallest absolute Gasteiger partial charge is 0.273 e. The van der Waals surface area contributed by atoms with Crippen molar-refractivity contribution >= 4 is 65.2 Å². The lowest BCUT2D eigenvalue weighted by atomic mass is 9.72. The first kappa shape index (κ1) is 48.1. The summed E-state index contributed by atoms with van der Waals surface area (Å²) >= 11 is 6.24. The van der Waals surface area contributed by atoms with Crippen molar-refractivity contribution in [3.05, 3.63) is 123 Å². The molecule has 0 bridgehead atoms. The molecule has 1 aliphatic heterocycles. The number of carbonyl (C=O) groups is 1. The number of H-pyrrole nitrogens is 1. The third-order valence-electron chi connectivity index (χ3n) is 13.2. The summed E-state index contributed by atoms with van der Waals surface area (Å²) in [7, 11) is -6.98. The highest BCUT2D eigenvalue weighted by Gasteiger charge is 2.36. The molecule has 1 amide bonds. The molecule has 356 valence electrons. The molecule has 2 fully saturated rings. The van der Waals surface area contributed by atoms with Gasteiger partial charge in [-0.1, -0.05) is 49.2 Å². The second kappa shape index (κ2) is 19.3. The fraction of sp³-hybridized carbons (Fsp3) is 0.429. The van der Waals surface area contributed by atoms with E-state index >= 15 is 4.39 Å². The van der Waals surface area contributed by atoms with Crippen LogP contribution in [0.1, 0.15) is 86.7 Å². The van der Waals surface area contributed by atoms with Gasteiger partial charge in [0.2, 0.25) is 0 Å². The molecule has 3 aliphatic rings. The number of carbonyl (C=O) groups excluding carboxylic acids is 1. The summed E-state index contributed by atoms with van der Waals surface area (Å²) in [6.07, 6.45) is 10.7. The summed E-state index contributed by atoms with van der Waals surface area (Å²) in [4.78, 5) is 37.2. The van der Waals surface area contributed by atoms with Crippen LogP contribution in [-0.2, 0) is 26.2 Å². The van der Waals surface area contributed by atoms with Crippen LogP contribution >= 0.6 is 11.6 Å². The summed E-state index contributed by atoms with van der Waals surface area (Å²) in [6.45, 7) is 8.50. The van der Waals surface area contributed by atoms with Gasteiger partial charge in [-0.05, 0) is 117 Å². The van der Waals surface area contributed by atoms with E-state index in [0.717, 1.165) is 56.0 Å². The van der Waals surface area contributed by atoms with E-state index in [2.05, 4.69) is 54.8 Å². The molecule has 0 spiro atoms. The third-order valence-corrected chi connectivity index (χ3v) is 15.6. The fourth-order valence-electron chi connectivity index (χ4n) is 9.50. The number of nitrogens with zero attached hydrogens (tertiary/aromatic N) is 5. The number of ether oxygens (including phenoxy) is 1. The van der Waals surface area contributed by atoms with Gasteiger partial charge in [-0.2, -0.15) is 0 Å².